The second-order valence-electron chi connectivity index (χ2n) is 6.88. The maximum atomic E-state index is 6.28. The highest BCUT2D eigenvalue weighted by molar-refractivity contribution is 6.31. The first-order valence-electron chi connectivity index (χ1n) is 9.87. The molecule has 142 valence electrons. The van der Waals surface area contributed by atoms with Crippen molar-refractivity contribution in [2.45, 2.75) is 45.8 Å². The summed E-state index contributed by atoms with van der Waals surface area (Å²) in [7, 11) is 0. The van der Waals surface area contributed by atoms with E-state index in [4.69, 9.17) is 16.3 Å². The van der Waals surface area contributed by atoms with E-state index < -0.39 is 0 Å². The maximum absolute atomic E-state index is 6.28. The molecule has 0 aliphatic carbocycles. The van der Waals surface area contributed by atoms with Crippen molar-refractivity contribution >= 4 is 22.4 Å². The van der Waals surface area contributed by atoms with Crippen LogP contribution >= 0.6 is 11.6 Å². The number of ether oxygens (including phenoxy) is 1. The SMILES string of the molecule is CCCCCCNCc1c(OCc2ccccc2Cl)ccc2ccccc12. The first kappa shape index (κ1) is 19.7. The summed E-state index contributed by atoms with van der Waals surface area (Å²) in [5.41, 5.74) is 2.22. The Balaban J connectivity index is 1.74. The van der Waals surface area contributed by atoms with E-state index in [1.807, 2.05) is 24.3 Å². The lowest BCUT2D eigenvalue weighted by atomic mass is 10.0. The number of unbranched alkanes of at least 4 members (excludes halogenated alkanes) is 3. The molecule has 3 aromatic rings. The Kier molecular flexibility index (Phi) is 7.55. The van der Waals surface area contributed by atoms with Crippen LogP contribution in [0.1, 0.15) is 43.7 Å². The second-order valence-corrected chi connectivity index (χ2v) is 7.29. The number of halogens is 1. The van der Waals surface area contributed by atoms with E-state index in [-0.39, 0.29) is 0 Å². The van der Waals surface area contributed by atoms with Gasteiger partial charge in [0.25, 0.3) is 0 Å². The van der Waals surface area contributed by atoms with Gasteiger partial charge in [-0.25, -0.2) is 0 Å². The summed E-state index contributed by atoms with van der Waals surface area (Å²) in [6.45, 7) is 4.56. The highest BCUT2D eigenvalue weighted by atomic mass is 35.5. The molecule has 2 nitrogen and oxygen atoms in total. The Morgan fingerprint density at radius 3 is 2.56 bits per heavy atom. The van der Waals surface area contributed by atoms with Crippen molar-refractivity contribution in [1.82, 2.24) is 5.32 Å². The standard InChI is InChI=1S/C24H28ClNO/c1-2-3-4-9-16-26-17-22-21-12-7-5-10-19(21)14-15-24(22)27-18-20-11-6-8-13-23(20)25/h5-8,10-15,26H,2-4,9,16-18H2,1H3. The summed E-state index contributed by atoms with van der Waals surface area (Å²) >= 11 is 6.28. The number of nitrogens with one attached hydrogen (secondary N) is 1. The minimum absolute atomic E-state index is 0.474. The summed E-state index contributed by atoms with van der Waals surface area (Å²) in [4.78, 5) is 0. The van der Waals surface area contributed by atoms with Gasteiger partial charge in [-0.05, 0) is 35.9 Å². The first-order chi connectivity index (χ1) is 13.3. The van der Waals surface area contributed by atoms with Gasteiger partial charge < -0.3 is 10.1 Å². The lowest BCUT2D eigenvalue weighted by molar-refractivity contribution is 0.303. The molecule has 0 aliphatic rings. The van der Waals surface area contributed by atoms with E-state index in [0.717, 1.165) is 29.4 Å². The minimum atomic E-state index is 0.474. The van der Waals surface area contributed by atoms with E-state index in [1.54, 1.807) is 0 Å². The van der Waals surface area contributed by atoms with Crippen molar-refractivity contribution < 1.29 is 4.74 Å². The predicted molar refractivity (Wildman–Crippen MR) is 116 cm³/mol. The molecule has 0 saturated carbocycles. The molecule has 3 aromatic carbocycles. The molecule has 0 aromatic heterocycles. The third kappa shape index (κ3) is 5.47. The van der Waals surface area contributed by atoms with Gasteiger partial charge in [-0.1, -0.05) is 86.3 Å². The highest BCUT2D eigenvalue weighted by Gasteiger charge is 2.10. The minimum Gasteiger partial charge on any atom is -0.488 e. The average molecular weight is 382 g/mol. The quantitative estimate of drug-likeness (QED) is 0.392. The smallest absolute Gasteiger partial charge is 0.124 e. The molecule has 3 rings (SSSR count). The normalized spacial score (nSPS) is 11.0. The summed E-state index contributed by atoms with van der Waals surface area (Å²) in [5, 5.41) is 6.83. The monoisotopic (exact) mass is 381 g/mol. The van der Waals surface area contributed by atoms with E-state index in [9.17, 15) is 0 Å². The molecular formula is C24H28ClNO. The van der Waals surface area contributed by atoms with Gasteiger partial charge in [-0.15, -0.1) is 0 Å². The number of benzene rings is 3. The zero-order valence-electron chi connectivity index (χ0n) is 16.0. The van der Waals surface area contributed by atoms with Crippen molar-refractivity contribution in [1.29, 1.82) is 0 Å². The molecule has 3 heteroatoms. The van der Waals surface area contributed by atoms with Crippen LogP contribution in [0.25, 0.3) is 10.8 Å². The van der Waals surface area contributed by atoms with Crippen LogP contribution in [-0.2, 0) is 13.2 Å². The van der Waals surface area contributed by atoms with Gasteiger partial charge in [-0.3, -0.25) is 0 Å². The highest BCUT2D eigenvalue weighted by Crippen LogP contribution is 2.29. The van der Waals surface area contributed by atoms with Gasteiger partial charge in [0.1, 0.15) is 12.4 Å². The fourth-order valence-corrected chi connectivity index (χ4v) is 3.48. The predicted octanol–water partition coefficient (Wildman–Crippen LogP) is 6.74. The molecule has 1 N–H and O–H groups in total. The van der Waals surface area contributed by atoms with Crippen molar-refractivity contribution in [2.75, 3.05) is 6.54 Å². The third-order valence-corrected chi connectivity index (χ3v) is 5.22. The van der Waals surface area contributed by atoms with Crippen LogP contribution in [0.3, 0.4) is 0 Å². The first-order valence-corrected chi connectivity index (χ1v) is 10.2. The van der Waals surface area contributed by atoms with Crippen molar-refractivity contribution in [3.05, 3.63) is 76.8 Å². The van der Waals surface area contributed by atoms with Crippen molar-refractivity contribution in [2.24, 2.45) is 0 Å². The van der Waals surface area contributed by atoms with E-state index >= 15 is 0 Å². The number of rotatable bonds is 10. The Labute approximate surface area is 167 Å². The van der Waals surface area contributed by atoms with Gasteiger partial charge in [-0.2, -0.15) is 0 Å². The summed E-state index contributed by atoms with van der Waals surface area (Å²) in [6, 6.07) is 20.5. The van der Waals surface area contributed by atoms with Crippen molar-refractivity contribution in [3.63, 3.8) is 0 Å². The van der Waals surface area contributed by atoms with Crippen molar-refractivity contribution in [3.8, 4) is 5.75 Å². The molecule has 0 unspecified atom stereocenters. The summed E-state index contributed by atoms with van der Waals surface area (Å²) in [6.07, 6.45) is 5.08. The molecule has 0 atom stereocenters. The van der Waals surface area contributed by atoms with Gasteiger partial charge in [0.2, 0.25) is 0 Å². The van der Waals surface area contributed by atoms with E-state index in [0.29, 0.717) is 6.61 Å². The fraction of sp³-hybridized carbons (Fsp3) is 0.333. The average Bonchev–Trinajstić information content (AvgIpc) is 2.70. The second kappa shape index (κ2) is 10.3. The summed E-state index contributed by atoms with van der Waals surface area (Å²) in [5.74, 6) is 0.926. The molecule has 0 bridgehead atoms. The molecule has 0 spiro atoms. The van der Waals surface area contributed by atoms with Crippen LogP contribution in [-0.4, -0.2) is 6.54 Å². The Bertz CT molecular complexity index is 862. The van der Waals surface area contributed by atoms with Crippen LogP contribution in [0.15, 0.2) is 60.7 Å². The van der Waals surface area contributed by atoms with E-state index in [1.165, 1.54) is 42.0 Å². The number of hydrogen-bond donors (Lipinski definition) is 1. The number of fused-ring (bicyclic) bond motifs is 1. The van der Waals surface area contributed by atoms with Crippen LogP contribution in [0.2, 0.25) is 5.02 Å². The van der Waals surface area contributed by atoms with Crippen LogP contribution in [0, 0.1) is 0 Å². The zero-order valence-corrected chi connectivity index (χ0v) is 16.8. The van der Waals surface area contributed by atoms with Crippen LogP contribution in [0.5, 0.6) is 5.75 Å². The fourth-order valence-electron chi connectivity index (χ4n) is 3.29. The van der Waals surface area contributed by atoms with E-state index in [2.05, 4.69) is 48.6 Å². The summed E-state index contributed by atoms with van der Waals surface area (Å²) < 4.78 is 6.18. The lowest BCUT2D eigenvalue weighted by Gasteiger charge is -2.16. The third-order valence-electron chi connectivity index (χ3n) is 4.85. The molecule has 0 heterocycles. The Morgan fingerprint density at radius 2 is 1.70 bits per heavy atom. The molecular weight excluding hydrogens is 354 g/mol. The molecule has 0 fully saturated rings. The molecule has 27 heavy (non-hydrogen) atoms. The molecule has 0 radical (unpaired) electrons. The zero-order chi connectivity index (χ0) is 18.9. The van der Waals surface area contributed by atoms with Crippen LogP contribution in [0.4, 0.5) is 0 Å². The molecule has 0 amide bonds. The van der Waals surface area contributed by atoms with Gasteiger partial charge in [0.05, 0.1) is 0 Å². The molecule has 0 aliphatic heterocycles. The molecule has 0 saturated heterocycles. The Hall–Kier alpha value is -2.03. The lowest BCUT2D eigenvalue weighted by Crippen LogP contribution is -2.16. The maximum Gasteiger partial charge on any atom is 0.124 e. The number of hydrogen-bond acceptors (Lipinski definition) is 2. The topological polar surface area (TPSA) is 21.3 Å². The van der Waals surface area contributed by atoms with Crippen LogP contribution < -0.4 is 10.1 Å². The van der Waals surface area contributed by atoms with Gasteiger partial charge in [0.15, 0.2) is 0 Å². The largest absolute Gasteiger partial charge is 0.488 e. The van der Waals surface area contributed by atoms with Gasteiger partial charge >= 0.3 is 0 Å². The Morgan fingerprint density at radius 1 is 0.889 bits per heavy atom. The van der Waals surface area contributed by atoms with Gasteiger partial charge in [0, 0.05) is 22.7 Å².